The molecule has 0 aliphatic carbocycles. The predicted octanol–water partition coefficient (Wildman–Crippen LogP) is 4.84. The lowest BCUT2D eigenvalue weighted by molar-refractivity contribution is 0.415. The summed E-state index contributed by atoms with van der Waals surface area (Å²) in [5.41, 5.74) is 7.67. The number of thiol groups is 1. The van der Waals surface area contributed by atoms with Gasteiger partial charge in [-0.05, 0) is 48.5 Å². The van der Waals surface area contributed by atoms with Crippen molar-refractivity contribution in [3.8, 4) is 11.5 Å². The molecule has 0 bridgehead atoms. The number of hydrogen-bond donors (Lipinski definition) is 3. The van der Waals surface area contributed by atoms with Crippen molar-refractivity contribution in [2.75, 3.05) is 12.8 Å². The molecule has 0 unspecified atom stereocenters. The van der Waals surface area contributed by atoms with Crippen LogP contribution in [0.2, 0.25) is 0 Å². The third-order valence-corrected chi connectivity index (χ3v) is 3.70. The Labute approximate surface area is 138 Å². The van der Waals surface area contributed by atoms with Crippen LogP contribution in [-0.4, -0.2) is 12.2 Å². The molecule has 3 aromatic rings. The number of benzene rings is 3. The minimum absolute atomic E-state index is 0.133. The van der Waals surface area contributed by atoms with Crippen molar-refractivity contribution in [1.29, 1.82) is 0 Å². The lowest BCUT2D eigenvalue weighted by Gasteiger charge is -2.07. The predicted molar refractivity (Wildman–Crippen MR) is 94.4 cm³/mol. The van der Waals surface area contributed by atoms with Gasteiger partial charge in [-0.25, -0.2) is 0 Å². The van der Waals surface area contributed by atoms with Crippen molar-refractivity contribution in [3.63, 3.8) is 0 Å². The largest absolute Gasteiger partial charge is 0.507 e. The maximum Gasteiger partial charge on any atom is 0.124 e. The molecule has 5 nitrogen and oxygen atoms in total. The number of anilines is 1. The lowest BCUT2D eigenvalue weighted by atomic mass is 10.1. The third-order valence-electron chi connectivity index (χ3n) is 3.44. The van der Waals surface area contributed by atoms with E-state index < -0.39 is 0 Å². The molecule has 0 amide bonds. The molecule has 0 aliphatic rings. The fourth-order valence-electron chi connectivity index (χ4n) is 2.27. The van der Waals surface area contributed by atoms with E-state index in [9.17, 15) is 5.11 Å². The van der Waals surface area contributed by atoms with Gasteiger partial charge in [0.05, 0.1) is 18.5 Å². The van der Waals surface area contributed by atoms with Gasteiger partial charge in [0.1, 0.15) is 17.2 Å². The Hall–Kier alpha value is -2.73. The summed E-state index contributed by atoms with van der Waals surface area (Å²) in [6, 6.07) is 14.0. The first-order valence-corrected chi connectivity index (χ1v) is 7.33. The second-order valence-electron chi connectivity index (χ2n) is 4.96. The van der Waals surface area contributed by atoms with E-state index in [0.29, 0.717) is 32.7 Å². The van der Waals surface area contributed by atoms with Crippen LogP contribution in [0.4, 0.5) is 17.1 Å². The highest BCUT2D eigenvalue weighted by atomic mass is 32.1. The Morgan fingerprint density at radius 2 is 1.74 bits per heavy atom. The van der Waals surface area contributed by atoms with E-state index in [1.54, 1.807) is 55.6 Å². The Morgan fingerprint density at radius 1 is 1.00 bits per heavy atom. The van der Waals surface area contributed by atoms with E-state index in [0.717, 1.165) is 5.75 Å². The summed E-state index contributed by atoms with van der Waals surface area (Å²) in [5.74, 6) is 0.881. The topological polar surface area (TPSA) is 80.2 Å². The van der Waals surface area contributed by atoms with E-state index in [4.69, 9.17) is 10.5 Å². The molecule has 6 heteroatoms. The smallest absolute Gasteiger partial charge is 0.124 e. The van der Waals surface area contributed by atoms with Gasteiger partial charge < -0.3 is 15.6 Å². The van der Waals surface area contributed by atoms with Crippen LogP contribution in [0.1, 0.15) is 0 Å². The number of hydrogen-bond acceptors (Lipinski definition) is 6. The van der Waals surface area contributed by atoms with E-state index in [-0.39, 0.29) is 5.75 Å². The minimum Gasteiger partial charge on any atom is -0.507 e. The summed E-state index contributed by atoms with van der Waals surface area (Å²) in [6.45, 7) is 0. The van der Waals surface area contributed by atoms with Crippen LogP contribution in [-0.2, 0) is 0 Å². The van der Waals surface area contributed by atoms with Crippen molar-refractivity contribution in [2.45, 2.75) is 4.90 Å². The lowest BCUT2D eigenvalue weighted by Crippen LogP contribution is -1.87. The average molecular weight is 325 g/mol. The van der Waals surface area contributed by atoms with E-state index in [1.165, 1.54) is 0 Å². The van der Waals surface area contributed by atoms with Gasteiger partial charge in [-0.3, -0.25) is 0 Å². The molecule has 3 rings (SSSR count). The molecular weight excluding hydrogens is 310 g/mol. The van der Waals surface area contributed by atoms with Crippen LogP contribution < -0.4 is 10.5 Å². The molecule has 0 saturated heterocycles. The van der Waals surface area contributed by atoms with Crippen LogP contribution in [0, 0.1) is 0 Å². The molecule has 0 saturated carbocycles. The van der Waals surface area contributed by atoms with Gasteiger partial charge in [0.25, 0.3) is 0 Å². The Morgan fingerprint density at radius 3 is 2.43 bits per heavy atom. The van der Waals surface area contributed by atoms with Crippen LogP contribution >= 0.6 is 12.6 Å². The van der Waals surface area contributed by atoms with Crippen LogP contribution in [0.3, 0.4) is 0 Å². The number of phenolic OH excluding ortho intramolecular Hbond substituents is 1. The molecule has 0 radical (unpaired) electrons. The first-order valence-electron chi connectivity index (χ1n) is 6.88. The van der Waals surface area contributed by atoms with Gasteiger partial charge >= 0.3 is 0 Å². The number of azo groups is 1. The number of nitrogens with two attached hydrogens (primary N) is 1. The zero-order chi connectivity index (χ0) is 16.4. The minimum atomic E-state index is 0.133. The second kappa shape index (κ2) is 6.18. The van der Waals surface area contributed by atoms with Gasteiger partial charge in [0.2, 0.25) is 0 Å². The van der Waals surface area contributed by atoms with Gasteiger partial charge in [-0.2, -0.15) is 5.11 Å². The molecular formula is C17H15N3O2S. The molecule has 0 aromatic heterocycles. The van der Waals surface area contributed by atoms with Crippen molar-refractivity contribution in [3.05, 3.63) is 48.5 Å². The standard InChI is InChI=1S/C17H15N3O2S/c1-22-11-4-2-10(3-5-11)19-20-17-14-8-12(23)9-16(21)13(14)6-7-15(17)18/h2-9,21,23H,18H2,1H3. The monoisotopic (exact) mass is 325 g/mol. The summed E-state index contributed by atoms with van der Waals surface area (Å²) in [5, 5.41) is 19.9. The number of rotatable bonds is 3. The van der Waals surface area contributed by atoms with Gasteiger partial charge in [0.15, 0.2) is 0 Å². The molecule has 3 N–H and O–H groups in total. The summed E-state index contributed by atoms with van der Waals surface area (Å²) in [4.78, 5) is 0.626. The average Bonchev–Trinajstić information content (AvgIpc) is 2.54. The SMILES string of the molecule is COc1ccc(N=Nc2c(N)ccc3c(O)cc(S)cc23)cc1. The quantitative estimate of drug-likeness (QED) is 0.366. The van der Waals surface area contributed by atoms with Crippen LogP contribution in [0.15, 0.2) is 63.7 Å². The highest BCUT2D eigenvalue weighted by Gasteiger charge is 2.09. The molecule has 0 heterocycles. The third kappa shape index (κ3) is 3.07. The molecule has 0 fully saturated rings. The van der Waals surface area contributed by atoms with Crippen molar-refractivity contribution < 1.29 is 9.84 Å². The molecule has 0 atom stereocenters. The molecule has 23 heavy (non-hydrogen) atoms. The van der Waals surface area contributed by atoms with Gasteiger partial charge in [-0.1, -0.05) is 0 Å². The zero-order valence-electron chi connectivity index (χ0n) is 12.4. The number of aromatic hydroxyl groups is 1. The number of phenols is 1. The summed E-state index contributed by atoms with van der Waals surface area (Å²) in [6.07, 6.45) is 0. The summed E-state index contributed by atoms with van der Waals surface area (Å²) in [7, 11) is 1.61. The van der Waals surface area contributed by atoms with Crippen LogP contribution in [0.5, 0.6) is 11.5 Å². The Balaban J connectivity index is 2.07. The number of ether oxygens (including phenoxy) is 1. The molecule has 116 valence electrons. The van der Waals surface area contributed by atoms with Crippen molar-refractivity contribution in [1.82, 2.24) is 0 Å². The summed E-state index contributed by atoms with van der Waals surface area (Å²) >= 11 is 4.28. The normalized spacial score (nSPS) is 11.2. The van der Waals surface area contributed by atoms with Crippen LogP contribution in [0.25, 0.3) is 10.8 Å². The highest BCUT2D eigenvalue weighted by Crippen LogP contribution is 2.38. The molecule has 0 aliphatic heterocycles. The fourth-order valence-corrected chi connectivity index (χ4v) is 2.52. The van der Waals surface area contributed by atoms with E-state index in [1.807, 2.05) is 0 Å². The van der Waals surface area contributed by atoms with Crippen molar-refractivity contribution in [2.24, 2.45) is 10.2 Å². The summed E-state index contributed by atoms with van der Waals surface area (Å²) < 4.78 is 5.11. The maximum absolute atomic E-state index is 10.0. The van der Waals surface area contributed by atoms with Gasteiger partial charge in [-0.15, -0.1) is 17.7 Å². The Bertz CT molecular complexity index is 892. The van der Waals surface area contributed by atoms with Gasteiger partial charge in [0, 0.05) is 15.7 Å². The fraction of sp³-hybridized carbons (Fsp3) is 0.0588. The number of methoxy groups -OCH3 is 1. The zero-order valence-corrected chi connectivity index (χ0v) is 13.3. The number of fused-ring (bicyclic) bond motifs is 1. The Kier molecular flexibility index (Phi) is 4.08. The van der Waals surface area contributed by atoms with Crippen molar-refractivity contribution >= 4 is 40.5 Å². The number of nitrogen functional groups attached to an aromatic ring is 1. The first-order chi connectivity index (χ1) is 11.1. The van der Waals surface area contributed by atoms with E-state index >= 15 is 0 Å². The van der Waals surface area contributed by atoms with E-state index in [2.05, 4.69) is 22.9 Å². The maximum atomic E-state index is 10.0. The highest BCUT2D eigenvalue weighted by molar-refractivity contribution is 7.80. The first kappa shape index (κ1) is 15.2. The number of nitrogens with zero attached hydrogens (tertiary/aromatic N) is 2. The molecule has 0 spiro atoms. The second-order valence-corrected chi connectivity index (χ2v) is 5.48. The molecule has 3 aromatic carbocycles.